The second-order valence-electron chi connectivity index (χ2n) is 6.77. The molecule has 1 aromatic carbocycles. The largest absolute Gasteiger partial charge is 0.497 e. The molecule has 0 spiro atoms. The highest BCUT2D eigenvalue weighted by molar-refractivity contribution is 7.91. The third-order valence-electron chi connectivity index (χ3n) is 4.78. The van der Waals surface area contributed by atoms with Gasteiger partial charge in [0.15, 0.2) is 0 Å². The molecule has 12 nitrogen and oxygen atoms in total. The molecule has 0 N–H and O–H groups in total. The van der Waals surface area contributed by atoms with Crippen LogP contribution in [0, 0.1) is 0 Å². The summed E-state index contributed by atoms with van der Waals surface area (Å²) in [7, 11) is -1.25. The summed E-state index contributed by atoms with van der Waals surface area (Å²) in [6.45, 7) is 2.86. The van der Waals surface area contributed by atoms with Gasteiger partial charge in [0.2, 0.25) is 15.7 Å². The van der Waals surface area contributed by atoms with Gasteiger partial charge >= 0.3 is 11.3 Å². The molecule has 1 saturated heterocycles. The number of methoxy groups -OCH3 is 2. The molecule has 32 heavy (non-hydrogen) atoms. The lowest BCUT2D eigenvalue weighted by Crippen LogP contribution is -2.51. The van der Waals surface area contributed by atoms with Crippen molar-refractivity contribution in [1.29, 1.82) is 0 Å². The number of benzene rings is 1. The van der Waals surface area contributed by atoms with Gasteiger partial charge in [0.1, 0.15) is 17.3 Å². The molecular formula is C19H24N4O8S. The summed E-state index contributed by atoms with van der Waals surface area (Å²) < 4.78 is 46.1. The highest BCUT2D eigenvalue weighted by atomic mass is 32.2. The van der Waals surface area contributed by atoms with E-state index >= 15 is 0 Å². The standard InChI is InChI=1S/C19H24N4O8S/c1-4-30-19(25)23-9-7-22(8-10-23)16(24)12-32(26,27)18-21-20-17(31-18)14-11-13(28-2)5-6-15(14)29-3/h5-6,11H,4,7-10,12H2,1-3H3. The summed E-state index contributed by atoms with van der Waals surface area (Å²) in [5.41, 5.74) is 0.349. The predicted molar refractivity (Wildman–Crippen MR) is 110 cm³/mol. The van der Waals surface area contributed by atoms with Crippen LogP contribution in [-0.2, 0) is 19.4 Å². The number of carbonyl (C=O) groups is 2. The fourth-order valence-corrected chi connectivity index (χ4v) is 4.10. The summed E-state index contributed by atoms with van der Waals surface area (Å²) in [5, 5.41) is 6.73. The maximum Gasteiger partial charge on any atom is 0.409 e. The third kappa shape index (κ3) is 5.10. The minimum Gasteiger partial charge on any atom is -0.497 e. The molecule has 1 aliphatic rings. The number of amides is 2. The summed E-state index contributed by atoms with van der Waals surface area (Å²) in [4.78, 5) is 27.1. The lowest BCUT2D eigenvalue weighted by atomic mass is 10.2. The van der Waals surface area contributed by atoms with Crippen molar-refractivity contribution in [2.24, 2.45) is 0 Å². The predicted octanol–water partition coefficient (Wildman–Crippen LogP) is 0.828. The number of sulfone groups is 1. The molecule has 1 aromatic heterocycles. The number of aromatic nitrogens is 2. The van der Waals surface area contributed by atoms with Crippen molar-refractivity contribution < 1.29 is 36.6 Å². The highest BCUT2D eigenvalue weighted by Crippen LogP contribution is 2.33. The average molecular weight is 468 g/mol. The van der Waals surface area contributed by atoms with E-state index in [0.717, 1.165) is 0 Å². The van der Waals surface area contributed by atoms with Crippen LogP contribution in [0.2, 0.25) is 0 Å². The summed E-state index contributed by atoms with van der Waals surface area (Å²) >= 11 is 0. The monoisotopic (exact) mass is 468 g/mol. The quantitative estimate of drug-likeness (QED) is 0.573. The molecule has 0 saturated carbocycles. The van der Waals surface area contributed by atoms with Gasteiger partial charge < -0.3 is 28.4 Å². The lowest BCUT2D eigenvalue weighted by molar-refractivity contribution is -0.130. The van der Waals surface area contributed by atoms with Crippen LogP contribution in [0.25, 0.3) is 11.5 Å². The lowest BCUT2D eigenvalue weighted by Gasteiger charge is -2.33. The van der Waals surface area contributed by atoms with Gasteiger partial charge in [-0.2, -0.15) is 0 Å². The van der Waals surface area contributed by atoms with E-state index in [0.29, 0.717) is 17.1 Å². The van der Waals surface area contributed by atoms with Gasteiger partial charge in [-0.05, 0) is 25.1 Å². The first-order chi connectivity index (χ1) is 15.3. The van der Waals surface area contributed by atoms with Crippen molar-refractivity contribution in [3.8, 4) is 23.0 Å². The number of ether oxygens (including phenoxy) is 3. The Bertz CT molecular complexity index is 1080. The first kappa shape index (κ1) is 23.3. The molecular weight excluding hydrogens is 444 g/mol. The van der Waals surface area contributed by atoms with Crippen LogP contribution in [0.15, 0.2) is 27.8 Å². The molecule has 13 heteroatoms. The molecule has 3 rings (SSSR count). The molecule has 2 heterocycles. The number of hydrogen-bond acceptors (Lipinski definition) is 10. The molecule has 2 amide bonds. The van der Waals surface area contributed by atoms with Gasteiger partial charge in [-0.15, -0.1) is 5.10 Å². The van der Waals surface area contributed by atoms with Crippen LogP contribution >= 0.6 is 0 Å². The Morgan fingerprint density at radius 1 is 1.06 bits per heavy atom. The van der Waals surface area contributed by atoms with Crippen LogP contribution in [0.4, 0.5) is 4.79 Å². The Morgan fingerprint density at radius 2 is 1.75 bits per heavy atom. The molecule has 1 fully saturated rings. The van der Waals surface area contributed by atoms with E-state index in [1.165, 1.54) is 24.0 Å². The molecule has 0 atom stereocenters. The van der Waals surface area contributed by atoms with Gasteiger partial charge in [-0.1, -0.05) is 5.10 Å². The number of carbonyl (C=O) groups excluding carboxylic acids is 2. The smallest absolute Gasteiger partial charge is 0.409 e. The van der Waals surface area contributed by atoms with Gasteiger partial charge in [-0.25, -0.2) is 13.2 Å². The topological polar surface area (TPSA) is 141 Å². The minimum absolute atomic E-state index is 0.0881. The van der Waals surface area contributed by atoms with E-state index in [1.54, 1.807) is 25.1 Å². The molecule has 0 aliphatic carbocycles. The van der Waals surface area contributed by atoms with Gasteiger partial charge in [0.05, 0.1) is 26.4 Å². The van der Waals surface area contributed by atoms with E-state index in [9.17, 15) is 18.0 Å². The second-order valence-corrected chi connectivity index (χ2v) is 8.63. The Kier molecular flexibility index (Phi) is 7.18. The molecule has 174 valence electrons. The Morgan fingerprint density at radius 3 is 2.38 bits per heavy atom. The number of piperazine rings is 1. The highest BCUT2D eigenvalue weighted by Gasteiger charge is 2.31. The van der Waals surface area contributed by atoms with Gasteiger partial charge in [0, 0.05) is 26.2 Å². The first-order valence-electron chi connectivity index (χ1n) is 9.77. The summed E-state index contributed by atoms with van der Waals surface area (Å²) in [5.74, 6) is -0.667. The van der Waals surface area contributed by atoms with E-state index in [1.807, 2.05) is 0 Å². The second kappa shape index (κ2) is 9.85. The van der Waals surface area contributed by atoms with Crippen molar-refractivity contribution in [2.45, 2.75) is 12.1 Å². The fourth-order valence-electron chi connectivity index (χ4n) is 3.09. The van der Waals surface area contributed by atoms with Crippen LogP contribution in [0.5, 0.6) is 11.5 Å². The Labute approximate surface area is 185 Å². The number of rotatable bonds is 7. The van der Waals surface area contributed by atoms with Gasteiger partial charge in [-0.3, -0.25) is 4.79 Å². The number of nitrogens with zero attached hydrogens (tertiary/aromatic N) is 4. The zero-order valence-electron chi connectivity index (χ0n) is 17.9. The van der Waals surface area contributed by atoms with Crippen LogP contribution in [0.3, 0.4) is 0 Å². The Hall–Kier alpha value is -3.35. The molecule has 1 aliphatic heterocycles. The van der Waals surface area contributed by atoms with Crippen LogP contribution in [0.1, 0.15) is 6.92 Å². The summed E-state index contributed by atoms with van der Waals surface area (Å²) in [6, 6.07) is 4.85. The molecule has 0 radical (unpaired) electrons. The van der Waals surface area contributed by atoms with E-state index in [2.05, 4.69) is 10.2 Å². The zero-order chi connectivity index (χ0) is 23.3. The van der Waals surface area contributed by atoms with Gasteiger partial charge in [0.25, 0.3) is 5.89 Å². The van der Waals surface area contributed by atoms with Crippen molar-refractivity contribution in [3.63, 3.8) is 0 Å². The van der Waals surface area contributed by atoms with E-state index in [4.69, 9.17) is 18.6 Å². The normalized spacial score (nSPS) is 14.2. The van der Waals surface area contributed by atoms with Crippen LogP contribution in [-0.4, -0.2) is 93.2 Å². The first-order valence-corrected chi connectivity index (χ1v) is 11.4. The molecule has 2 aromatic rings. The molecule has 0 unspecified atom stereocenters. The number of hydrogen-bond donors (Lipinski definition) is 0. The minimum atomic E-state index is -4.18. The third-order valence-corrected chi connectivity index (χ3v) is 6.11. The average Bonchev–Trinajstić information content (AvgIpc) is 3.30. The fraction of sp³-hybridized carbons (Fsp3) is 0.474. The van der Waals surface area contributed by atoms with Crippen molar-refractivity contribution in [1.82, 2.24) is 20.0 Å². The maximum atomic E-state index is 12.7. The SMILES string of the molecule is CCOC(=O)N1CCN(C(=O)CS(=O)(=O)c2nnc(-c3cc(OC)ccc3OC)o2)CC1. The summed E-state index contributed by atoms with van der Waals surface area (Å²) in [6.07, 6.45) is -0.460. The zero-order valence-corrected chi connectivity index (χ0v) is 18.8. The van der Waals surface area contributed by atoms with E-state index in [-0.39, 0.29) is 38.7 Å². The maximum absolute atomic E-state index is 12.7. The molecule has 0 bridgehead atoms. The van der Waals surface area contributed by atoms with Crippen LogP contribution < -0.4 is 9.47 Å². The van der Waals surface area contributed by atoms with Crippen molar-refractivity contribution in [2.75, 3.05) is 52.8 Å². The van der Waals surface area contributed by atoms with Crippen molar-refractivity contribution in [3.05, 3.63) is 18.2 Å². The van der Waals surface area contributed by atoms with E-state index < -0.39 is 32.8 Å². The van der Waals surface area contributed by atoms with Crippen molar-refractivity contribution >= 4 is 21.8 Å². The Balaban J connectivity index is 1.69.